The van der Waals surface area contributed by atoms with Gasteiger partial charge in [-0.3, -0.25) is 9.78 Å². The first-order valence-electron chi connectivity index (χ1n) is 9.30. The van der Waals surface area contributed by atoms with Crippen LogP contribution in [0.25, 0.3) is 11.1 Å². The fraction of sp³-hybridized carbons (Fsp3) is 0.333. The Balaban J connectivity index is 1.69. The molecule has 0 unspecified atom stereocenters. The van der Waals surface area contributed by atoms with Gasteiger partial charge in [0.15, 0.2) is 0 Å². The summed E-state index contributed by atoms with van der Waals surface area (Å²) in [7, 11) is 1.67. The molecule has 2 aromatic heterocycles. The number of nitrogens with zero attached hydrogens (tertiary/aromatic N) is 4. The largest absolute Gasteiger partial charge is 0.497 e. The second-order valence-electron chi connectivity index (χ2n) is 7.00. The Kier molecular flexibility index (Phi) is 5.09. The van der Waals surface area contributed by atoms with Crippen molar-refractivity contribution in [1.82, 2.24) is 19.5 Å². The minimum Gasteiger partial charge on any atom is -0.497 e. The highest BCUT2D eigenvalue weighted by Gasteiger charge is 2.33. The molecule has 3 aromatic rings. The van der Waals surface area contributed by atoms with Crippen molar-refractivity contribution in [2.24, 2.45) is 0 Å². The molecule has 0 bridgehead atoms. The molecular formula is C21H22N4O2S. The average Bonchev–Trinajstić information content (AvgIpc) is 3.36. The Morgan fingerprint density at radius 1 is 1.21 bits per heavy atom. The van der Waals surface area contributed by atoms with Gasteiger partial charge in [-0.05, 0) is 73.6 Å². The maximum Gasteiger partial charge on any atom is 0.268 e. The lowest BCUT2D eigenvalue weighted by atomic mass is 10.0. The van der Waals surface area contributed by atoms with Gasteiger partial charge in [-0.2, -0.15) is 0 Å². The van der Waals surface area contributed by atoms with E-state index in [1.807, 2.05) is 36.9 Å². The summed E-state index contributed by atoms with van der Waals surface area (Å²) in [4.78, 5) is 20.3. The summed E-state index contributed by atoms with van der Waals surface area (Å²) in [5, 5.41) is 3.98. The highest BCUT2D eigenvalue weighted by Crippen LogP contribution is 2.35. The summed E-state index contributed by atoms with van der Waals surface area (Å²) in [6, 6.07) is 12.1. The predicted molar refractivity (Wildman–Crippen MR) is 109 cm³/mol. The first kappa shape index (κ1) is 18.6. The second kappa shape index (κ2) is 7.67. The van der Waals surface area contributed by atoms with E-state index in [9.17, 15) is 4.79 Å². The Bertz CT molecular complexity index is 1020. The molecule has 3 heterocycles. The van der Waals surface area contributed by atoms with Gasteiger partial charge in [-0.1, -0.05) is 16.6 Å². The number of pyridine rings is 1. The Morgan fingerprint density at radius 2 is 2.07 bits per heavy atom. The minimum atomic E-state index is -0.0294. The van der Waals surface area contributed by atoms with Crippen LogP contribution in [-0.4, -0.2) is 39.0 Å². The number of carbonyl (C=O) groups excluding carboxylic acids is 1. The fourth-order valence-electron chi connectivity index (χ4n) is 3.71. The lowest BCUT2D eigenvalue weighted by Crippen LogP contribution is -2.31. The molecule has 1 aromatic carbocycles. The topological polar surface area (TPSA) is 68.2 Å². The van der Waals surface area contributed by atoms with E-state index < -0.39 is 0 Å². The molecule has 0 N–H and O–H groups in total. The molecule has 1 atom stereocenters. The van der Waals surface area contributed by atoms with E-state index >= 15 is 0 Å². The molecule has 0 aliphatic carbocycles. The summed E-state index contributed by atoms with van der Waals surface area (Å²) in [6.45, 7) is 4.55. The molecule has 144 valence electrons. The second-order valence-corrected chi connectivity index (χ2v) is 7.75. The van der Waals surface area contributed by atoms with Crippen molar-refractivity contribution in [2.75, 3.05) is 13.7 Å². The molecule has 28 heavy (non-hydrogen) atoms. The monoisotopic (exact) mass is 394 g/mol. The smallest absolute Gasteiger partial charge is 0.268 e. The van der Waals surface area contributed by atoms with Gasteiger partial charge in [0.25, 0.3) is 5.91 Å². The third kappa shape index (κ3) is 3.49. The summed E-state index contributed by atoms with van der Waals surface area (Å²) >= 11 is 1.16. The van der Waals surface area contributed by atoms with Crippen molar-refractivity contribution < 1.29 is 9.53 Å². The Morgan fingerprint density at radius 3 is 2.82 bits per heavy atom. The number of hydrogen-bond donors (Lipinski definition) is 0. The molecule has 1 aliphatic rings. The van der Waals surface area contributed by atoms with Crippen LogP contribution in [0.3, 0.4) is 0 Å². The van der Waals surface area contributed by atoms with Crippen LogP contribution in [0.5, 0.6) is 5.75 Å². The molecule has 4 rings (SSSR count). The van der Waals surface area contributed by atoms with Crippen LogP contribution >= 0.6 is 11.5 Å². The maximum absolute atomic E-state index is 13.0. The first-order valence-corrected chi connectivity index (χ1v) is 10.1. The zero-order valence-electron chi connectivity index (χ0n) is 16.2. The van der Waals surface area contributed by atoms with E-state index in [0.29, 0.717) is 10.6 Å². The van der Waals surface area contributed by atoms with Gasteiger partial charge in [-0.25, -0.2) is 0 Å². The van der Waals surface area contributed by atoms with Gasteiger partial charge in [0.1, 0.15) is 10.6 Å². The van der Waals surface area contributed by atoms with E-state index in [1.54, 1.807) is 7.11 Å². The average molecular weight is 395 g/mol. The number of amides is 1. The first-order chi connectivity index (χ1) is 13.6. The molecule has 0 saturated carbocycles. The highest BCUT2D eigenvalue weighted by atomic mass is 32.1. The molecule has 1 fully saturated rings. The number of aromatic nitrogens is 3. The van der Waals surface area contributed by atoms with E-state index in [0.717, 1.165) is 59.2 Å². The van der Waals surface area contributed by atoms with Crippen LogP contribution in [0.4, 0.5) is 0 Å². The van der Waals surface area contributed by atoms with Crippen LogP contribution in [0, 0.1) is 13.8 Å². The van der Waals surface area contributed by atoms with Crippen LogP contribution in [0.1, 0.15) is 45.6 Å². The molecule has 7 heteroatoms. The molecule has 1 saturated heterocycles. The third-order valence-corrected chi connectivity index (χ3v) is 5.89. The van der Waals surface area contributed by atoms with Gasteiger partial charge in [0, 0.05) is 12.2 Å². The summed E-state index contributed by atoms with van der Waals surface area (Å²) in [5.74, 6) is 0.820. The number of benzene rings is 1. The zero-order valence-corrected chi connectivity index (χ0v) is 17.0. The normalized spacial score (nSPS) is 16.4. The van der Waals surface area contributed by atoms with E-state index in [4.69, 9.17) is 9.72 Å². The van der Waals surface area contributed by atoms with Crippen LogP contribution in [-0.2, 0) is 0 Å². The highest BCUT2D eigenvalue weighted by molar-refractivity contribution is 7.07. The number of likely N-dealkylation sites (tertiary alicyclic amines) is 1. The van der Waals surface area contributed by atoms with Crippen molar-refractivity contribution in [2.45, 2.75) is 32.7 Å². The van der Waals surface area contributed by atoms with Crippen molar-refractivity contribution in [3.63, 3.8) is 0 Å². The van der Waals surface area contributed by atoms with Crippen molar-refractivity contribution >= 4 is 17.4 Å². The molecule has 6 nitrogen and oxygen atoms in total. The fourth-order valence-corrected chi connectivity index (χ4v) is 4.32. The van der Waals surface area contributed by atoms with E-state index in [2.05, 4.69) is 27.8 Å². The van der Waals surface area contributed by atoms with Crippen LogP contribution in [0.15, 0.2) is 36.4 Å². The minimum absolute atomic E-state index is 0.00114. The number of ether oxygens (including phenoxy) is 1. The SMILES string of the molecule is COc1cccc(-c2cc(C)nc([C@@H]3CCCN3C(=O)c3snnc3C)c2)c1. The lowest BCUT2D eigenvalue weighted by Gasteiger charge is -2.24. The molecular weight excluding hydrogens is 372 g/mol. The summed E-state index contributed by atoms with van der Waals surface area (Å²) in [6.07, 6.45) is 1.87. The van der Waals surface area contributed by atoms with Gasteiger partial charge in [0.2, 0.25) is 0 Å². The van der Waals surface area contributed by atoms with Gasteiger partial charge in [-0.15, -0.1) is 5.10 Å². The number of hydrogen-bond acceptors (Lipinski definition) is 6. The van der Waals surface area contributed by atoms with E-state index in [-0.39, 0.29) is 11.9 Å². The van der Waals surface area contributed by atoms with Crippen LogP contribution in [0.2, 0.25) is 0 Å². The number of carbonyl (C=O) groups is 1. The van der Waals surface area contributed by atoms with Crippen molar-refractivity contribution in [3.8, 4) is 16.9 Å². The number of methoxy groups -OCH3 is 1. The summed E-state index contributed by atoms with van der Waals surface area (Å²) < 4.78 is 9.27. The zero-order chi connectivity index (χ0) is 19.7. The molecule has 0 spiro atoms. The number of aryl methyl sites for hydroxylation is 2. The molecule has 1 amide bonds. The maximum atomic E-state index is 13.0. The Labute approximate surface area is 168 Å². The van der Waals surface area contributed by atoms with Crippen LogP contribution < -0.4 is 4.74 Å². The standard InChI is InChI=1S/C21H22N4O2S/c1-13-10-16(15-6-4-7-17(11-15)27-3)12-18(22-13)19-8-5-9-25(19)21(26)20-14(2)23-24-28-20/h4,6-7,10-12,19H,5,8-9H2,1-3H3/t19-/m0/s1. The van der Waals surface area contributed by atoms with Crippen molar-refractivity contribution in [1.29, 1.82) is 0 Å². The lowest BCUT2D eigenvalue weighted by molar-refractivity contribution is 0.0737. The molecule has 1 aliphatic heterocycles. The van der Waals surface area contributed by atoms with Gasteiger partial charge < -0.3 is 9.64 Å². The van der Waals surface area contributed by atoms with Crippen molar-refractivity contribution in [3.05, 3.63) is 58.4 Å². The number of rotatable bonds is 4. The van der Waals surface area contributed by atoms with E-state index in [1.165, 1.54) is 0 Å². The van der Waals surface area contributed by atoms with Gasteiger partial charge >= 0.3 is 0 Å². The third-order valence-electron chi connectivity index (χ3n) is 5.08. The Hall–Kier alpha value is -2.80. The quantitative estimate of drug-likeness (QED) is 0.663. The summed E-state index contributed by atoms with van der Waals surface area (Å²) in [5.41, 5.74) is 4.71. The predicted octanol–water partition coefficient (Wildman–Crippen LogP) is 4.20. The van der Waals surface area contributed by atoms with Gasteiger partial charge in [0.05, 0.1) is 24.5 Å². The molecule has 0 radical (unpaired) electrons.